The molecule has 0 atom stereocenters. The number of ether oxygens (including phenoxy) is 2. The SMILES string of the molecule is COC(=O)c1cccc2c1CCC/C2=C/C(=O)OC(C)(C)C. The number of benzene rings is 1. The number of carbonyl (C=O) groups is 2. The van der Waals surface area contributed by atoms with Crippen LogP contribution in [0.4, 0.5) is 0 Å². The van der Waals surface area contributed by atoms with E-state index in [2.05, 4.69) is 0 Å². The van der Waals surface area contributed by atoms with Crippen molar-refractivity contribution in [1.29, 1.82) is 0 Å². The molecule has 0 N–H and O–H groups in total. The number of carbonyl (C=O) groups excluding carboxylic acids is 2. The summed E-state index contributed by atoms with van der Waals surface area (Å²) in [6.07, 6.45) is 4.06. The highest BCUT2D eigenvalue weighted by molar-refractivity contribution is 5.96. The minimum Gasteiger partial charge on any atom is -0.465 e. The highest BCUT2D eigenvalue weighted by atomic mass is 16.6. The summed E-state index contributed by atoms with van der Waals surface area (Å²) < 4.78 is 10.2. The molecule has 2 rings (SSSR count). The maximum absolute atomic E-state index is 12.0. The lowest BCUT2D eigenvalue weighted by Crippen LogP contribution is -2.23. The van der Waals surface area contributed by atoms with Gasteiger partial charge < -0.3 is 9.47 Å². The maximum Gasteiger partial charge on any atom is 0.338 e. The first kappa shape index (κ1) is 16.3. The molecule has 0 spiro atoms. The van der Waals surface area contributed by atoms with Crippen LogP contribution in [0.15, 0.2) is 24.3 Å². The van der Waals surface area contributed by atoms with Gasteiger partial charge in [-0.25, -0.2) is 9.59 Å². The molecule has 0 heterocycles. The van der Waals surface area contributed by atoms with E-state index >= 15 is 0 Å². The van der Waals surface area contributed by atoms with E-state index in [9.17, 15) is 9.59 Å². The molecule has 118 valence electrons. The molecule has 0 saturated carbocycles. The van der Waals surface area contributed by atoms with Crippen molar-refractivity contribution >= 4 is 17.5 Å². The van der Waals surface area contributed by atoms with Crippen molar-refractivity contribution in [3.05, 3.63) is 41.0 Å². The molecule has 0 aliphatic heterocycles. The summed E-state index contributed by atoms with van der Waals surface area (Å²) in [6, 6.07) is 5.53. The zero-order valence-corrected chi connectivity index (χ0v) is 13.6. The Hall–Kier alpha value is -2.10. The van der Waals surface area contributed by atoms with Crippen molar-refractivity contribution in [2.75, 3.05) is 7.11 Å². The number of methoxy groups -OCH3 is 1. The topological polar surface area (TPSA) is 52.6 Å². The summed E-state index contributed by atoms with van der Waals surface area (Å²) in [7, 11) is 1.38. The first-order chi connectivity index (χ1) is 10.3. The molecule has 4 heteroatoms. The van der Waals surface area contributed by atoms with Crippen LogP contribution in [0.5, 0.6) is 0 Å². The van der Waals surface area contributed by atoms with Crippen molar-refractivity contribution < 1.29 is 19.1 Å². The Kier molecular flexibility index (Phi) is 4.69. The van der Waals surface area contributed by atoms with Gasteiger partial charge >= 0.3 is 11.9 Å². The van der Waals surface area contributed by atoms with Crippen molar-refractivity contribution in [1.82, 2.24) is 0 Å². The van der Waals surface area contributed by atoms with Crippen LogP contribution in [0.25, 0.3) is 5.57 Å². The molecule has 22 heavy (non-hydrogen) atoms. The molecule has 0 saturated heterocycles. The first-order valence-corrected chi connectivity index (χ1v) is 7.46. The minimum absolute atomic E-state index is 0.338. The standard InChI is InChI=1S/C18H22O4/c1-18(2,3)22-16(19)11-12-7-5-9-14-13(12)8-6-10-15(14)17(20)21-4/h6,8,10-11H,5,7,9H2,1-4H3/b12-11-. The van der Waals surface area contributed by atoms with Gasteiger partial charge in [-0.3, -0.25) is 0 Å². The summed E-state index contributed by atoms with van der Waals surface area (Å²) in [5, 5.41) is 0. The summed E-state index contributed by atoms with van der Waals surface area (Å²) in [4.78, 5) is 23.9. The molecular formula is C18H22O4. The quantitative estimate of drug-likeness (QED) is 0.619. The molecule has 1 aliphatic carbocycles. The number of hydrogen-bond donors (Lipinski definition) is 0. The van der Waals surface area contributed by atoms with E-state index in [0.29, 0.717) is 5.56 Å². The second kappa shape index (κ2) is 6.34. The third-order valence-electron chi connectivity index (χ3n) is 3.50. The minimum atomic E-state index is -0.514. The van der Waals surface area contributed by atoms with Crippen molar-refractivity contribution in [2.24, 2.45) is 0 Å². The second-order valence-corrected chi connectivity index (χ2v) is 6.38. The smallest absolute Gasteiger partial charge is 0.338 e. The largest absolute Gasteiger partial charge is 0.465 e. The average Bonchev–Trinajstić information content (AvgIpc) is 2.44. The second-order valence-electron chi connectivity index (χ2n) is 6.38. The van der Waals surface area contributed by atoms with E-state index in [1.54, 1.807) is 12.1 Å². The van der Waals surface area contributed by atoms with Crippen molar-refractivity contribution in [3.8, 4) is 0 Å². The predicted molar refractivity (Wildman–Crippen MR) is 84.5 cm³/mol. The maximum atomic E-state index is 12.0. The molecule has 0 aromatic heterocycles. The Morgan fingerprint density at radius 3 is 2.55 bits per heavy atom. The van der Waals surface area contributed by atoms with Crippen LogP contribution in [-0.2, 0) is 20.7 Å². The lowest BCUT2D eigenvalue weighted by atomic mass is 9.84. The van der Waals surface area contributed by atoms with Crippen LogP contribution in [-0.4, -0.2) is 24.6 Å². The van der Waals surface area contributed by atoms with Crippen LogP contribution in [0.1, 0.15) is 55.1 Å². The van der Waals surface area contributed by atoms with Gasteiger partial charge in [-0.1, -0.05) is 12.1 Å². The third-order valence-corrected chi connectivity index (χ3v) is 3.50. The number of esters is 2. The van der Waals surface area contributed by atoms with Gasteiger partial charge in [0.15, 0.2) is 0 Å². The van der Waals surface area contributed by atoms with Crippen molar-refractivity contribution in [2.45, 2.75) is 45.6 Å². The molecule has 1 aliphatic rings. The van der Waals surface area contributed by atoms with E-state index in [-0.39, 0.29) is 11.9 Å². The Morgan fingerprint density at radius 1 is 1.18 bits per heavy atom. The van der Waals surface area contributed by atoms with E-state index in [0.717, 1.165) is 36.0 Å². The van der Waals surface area contributed by atoms with Crippen LogP contribution >= 0.6 is 0 Å². The fraction of sp³-hybridized carbons (Fsp3) is 0.444. The van der Waals surface area contributed by atoms with E-state index in [1.165, 1.54) is 7.11 Å². The normalized spacial score (nSPS) is 16.1. The third kappa shape index (κ3) is 3.75. The fourth-order valence-corrected chi connectivity index (χ4v) is 2.67. The Labute approximate surface area is 131 Å². The Balaban J connectivity index is 2.37. The van der Waals surface area contributed by atoms with E-state index in [4.69, 9.17) is 9.47 Å². The Bertz CT molecular complexity index is 620. The summed E-state index contributed by atoms with van der Waals surface area (Å²) in [5.41, 5.74) is 2.88. The van der Waals surface area contributed by atoms with Crippen LogP contribution in [0.3, 0.4) is 0 Å². The highest BCUT2D eigenvalue weighted by Gasteiger charge is 2.22. The molecule has 0 radical (unpaired) electrons. The number of allylic oxidation sites excluding steroid dienone is 1. The zero-order valence-electron chi connectivity index (χ0n) is 13.6. The lowest BCUT2D eigenvalue weighted by molar-refractivity contribution is -0.148. The van der Waals surface area contributed by atoms with Gasteiger partial charge in [0.05, 0.1) is 12.7 Å². The Morgan fingerprint density at radius 2 is 1.91 bits per heavy atom. The van der Waals surface area contributed by atoms with E-state index < -0.39 is 5.60 Å². The monoisotopic (exact) mass is 302 g/mol. The van der Waals surface area contributed by atoms with Gasteiger partial charge in [0.2, 0.25) is 0 Å². The van der Waals surface area contributed by atoms with Crippen LogP contribution in [0.2, 0.25) is 0 Å². The number of rotatable bonds is 2. The summed E-state index contributed by atoms with van der Waals surface area (Å²) >= 11 is 0. The lowest BCUT2D eigenvalue weighted by Gasteiger charge is -2.22. The van der Waals surface area contributed by atoms with Crippen LogP contribution in [0, 0.1) is 0 Å². The summed E-state index contributed by atoms with van der Waals surface area (Å²) in [6.45, 7) is 5.52. The zero-order chi connectivity index (χ0) is 16.3. The molecule has 0 amide bonds. The van der Waals surface area contributed by atoms with Gasteiger partial charge in [-0.05, 0) is 62.8 Å². The molecule has 4 nitrogen and oxygen atoms in total. The van der Waals surface area contributed by atoms with Gasteiger partial charge in [-0.15, -0.1) is 0 Å². The number of fused-ring (bicyclic) bond motifs is 1. The highest BCUT2D eigenvalue weighted by Crippen LogP contribution is 2.33. The molecule has 1 aromatic carbocycles. The average molecular weight is 302 g/mol. The van der Waals surface area contributed by atoms with Crippen molar-refractivity contribution in [3.63, 3.8) is 0 Å². The van der Waals surface area contributed by atoms with E-state index in [1.807, 2.05) is 32.9 Å². The molecule has 0 unspecified atom stereocenters. The van der Waals surface area contributed by atoms with Gasteiger partial charge in [0.1, 0.15) is 5.60 Å². The molecule has 1 aromatic rings. The fourth-order valence-electron chi connectivity index (χ4n) is 2.67. The molecular weight excluding hydrogens is 280 g/mol. The first-order valence-electron chi connectivity index (χ1n) is 7.46. The predicted octanol–water partition coefficient (Wildman–Crippen LogP) is 3.53. The van der Waals surface area contributed by atoms with Gasteiger partial charge in [0.25, 0.3) is 0 Å². The van der Waals surface area contributed by atoms with Crippen LogP contribution < -0.4 is 0 Å². The number of hydrogen-bond acceptors (Lipinski definition) is 4. The summed E-state index contributed by atoms with van der Waals surface area (Å²) in [5.74, 6) is -0.686. The van der Waals surface area contributed by atoms with Gasteiger partial charge in [0, 0.05) is 6.08 Å². The molecule has 0 bridgehead atoms. The van der Waals surface area contributed by atoms with Gasteiger partial charge in [-0.2, -0.15) is 0 Å². The molecule has 0 fully saturated rings.